The van der Waals surface area contributed by atoms with Crippen LogP contribution in [-0.2, 0) is 24.6 Å². The first-order valence-electron chi connectivity index (χ1n) is 7.46. The van der Waals surface area contributed by atoms with Gasteiger partial charge in [0.1, 0.15) is 0 Å². The lowest BCUT2D eigenvalue weighted by molar-refractivity contribution is -0.186. The largest absolute Gasteiger partial charge is 0.481 e. The normalized spacial score (nSPS) is 13.0. The third-order valence-corrected chi connectivity index (χ3v) is 4.45. The van der Waals surface area contributed by atoms with Crippen LogP contribution < -0.4 is 0 Å². The Morgan fingerprint density at radius 3 is 1.68 bits per heavy atom. The van der Waals surface area contributed by atoms with E-state index >= 15 is 0 Å². The molecular formula is C17H20O8. The molecule has 0 aromatic heterocycles. The molecule has 136 valence electrons. The number of carboxylic acids is 4. The van der Waals surface area contributed by atoms with Gasteiger partial charge in [0.25, 0.3) is 5.41 Å². The number of benzene rings is 1. The van der Waals surface area contributed by atoms with Crippen molar-refractivity contribution >= 4 is 23.9 Å². The Morgan fingerprint density at radius 2 is 1.32 bits per heavy atom. The summed E-state index contributed by atoms with van der Waals surface area (Å²) in [4.78, 5) is 45.8. The molecule has 1 aromatic carbocycles. The van der Waals surface area contributed by atoms with Crippen molar-refractivity contribution in [2.45, 2.75) is 32.1 Å². The van der Waals surface area contributed by atoms with Gasteiger partial charge in [-0.05, 0) is 23.8 Å². The van der Waals surface area contributed by atoms with Gasteiger partial charge in [-0.2, -0.15) is 0 Å². The molecule has 25 heavy (non-hydrogen) atoms. The average Bonchev–Trinajstić information content (AvgIpc) is 2.50. The first-order valence-corrected chi connectivity index (χ1v) is 7.46. The predicted molar refractivity (Wildman–Crippen MR) is 85.2 cm³/mol. The lowest BCUT2D eigenvalue weighted by Gasteiger charge is -2.31. The minimum absolute atomic E-state index is 0.0869. The van der Waals surface area contributed by atoms with Gasteiger partial charge in [0.2, 0.25) is 0 Å². The molecule has 0 aliphatic rings. The Labute approximate surface area is 143 Å². The van der Waals surface area contributed by atoms with Crippen LogP contribution in [0.1, 0.15) is 32.3 Å². The van der Waals surface area contributed by atoms with Crippen molar-refractivity contribution < 1.29 is 39.6 Å². The summed E-state index contributed by atoms with van der Waals surface area (Å²) in [7, 11) is 0. The number of rotatable bonds is 9. The number of carboxylic acid groups (broad SMARTS) is 4. The molecule has 0 spiro atoms. The molecular weight excluding hydrogens is 332 g/mol. The van der Waals surface area contributed by atoms with Crippen LogP contribution in [0.25, 0.3) is 0 Å². The molecule has 8 nitrogen and oxygen atoms in total. The zero-order valence-corrected chi connectivity index (χ0v) is 13.8. The van der Waals surface area contributed by atoms with Crippen LogP contribution in [0.4, 0.5) is 0 Å². The van der Waals surface area contributed by atoms with Crippen molar-refractivity contribution in [3.05, 3.63) is 35.9 Å². The van der Waals surface area contributed by atoms with E-state index in [4.69, 9.17) is 0 Å². The van der Waals surface area contributed by atoms with Crippen molar-refractivity contribution in [1.29, 1.82) is 0 Å². The van der Waals surface area contributed by atoms with Crippen molar-refractivity contribution in [1.82, 2.24) is 0 Å². The minimum atomic E-state index is -3.45. The molecule has 0 bridgehead atoms. The molecule has 1 unspecified atom stereocenters. The van der Waals surface area contributed by atoms with E-state index in [1.165, 1.54) is 0 Å². The second-order valence-electron chi connectivity index (χ2n) is 6.40. The fraction of sp³-hybridized carbons (Fsp3) is 0.412. The number of hydrogen-bond acceptors (Lipinski definition) is 4. The molecule has 1 rings (SSSR count). The SMILES string of the molecule is CC(C)(CCC(C(=O)O)C(C(=O)O)(C(=O)O)C(=O)O)c1ccccc1. The molecule has 0 aliphatic carbocycles. The summed E-state index contributed by atoms with van der Waals surface area (Å²) in [6.07, 6.45) is -0.342. The average molecular weight is 352 g/mol. The van der Waals surface area contributed by atoms with E-state index in [1.54, 1.807) is 44.2 Å². The maximum atomic E-state index is 11.5. The van der Waals surface area contributed by atoms with E-state index in [-0.39, 0.29) is 6.42 Å². The van der Waals surface area contributed by atoms with E-state index in [9.17, 15) is 39.6 Å². The van der Waals surface area contributed by atoms with Crippen molar-refractivity contribution in [3.8, 4) is 0 Å². The molecule has 1 aromatic rings. The van der Waals surface area contributed by atoms with Crippen LogP contribution in [0, 0.1) is 11.3 Å². The lowest BCUT2D eigenvalue weighted by atomic mass is 9.69. The van der Waals surface area contributed by atoms with Crippen LogP contribution in [0.2, 0.25) is 0 Å². The Hall–Kier alpha value is -2.90. The molecule has 0 radical (unpaired) electrons. The van der Waals surface area contributed by atoms with E-state index in [0.29, 0.717) is 0 Å². The van der Waals surface area contributed by atoms with Gasteiger partial charge in [0.05, 0.1) is 5.92 Å². The molecule has 1 atom stereocenters. The summed E-state index contributed by atoms with van der Waals surface area (Å²) in [5, 5.41) is 36.9. The monoisotopic (exact) mass is 352 g/mol. The lowest BCUT2D eigenvalue weighted by Crippen LogP contribution is -2.54. The summed E-state index contributed by atoms with van der Waals surface area (Å²) < 4.78 is 0. The summed E-state index contributed by atoms with van der Waals surface area (Å²) in [6, 6.07) is 8.96. The Morgan fingerprint density at radius 1 is 0.880 bits per heavy atom. The fourth-order valence-corrected chi connectivity index (χ4v) is 2.79. The summed E-state index contributed by atoms with van der Waals surface area (Å²) in [5.41, 5.74) is -3.21. The highest BCUT2D eigenvalue weighted by atomic mass is 16.4. The third kappa shape index (κ3) is 3.78. The minimum Gasteiger partial charge on any atom is -0.481 e. The quantitative estimate of drug-likeness (QED) is 0.490. The molecule has 4 N–H and O–H groups in total. The van der Waals surface area contributed by atoms with Crippen LogP contribution >= 0.6 is 0 Å². The molecule has 0 fully saturated rings. The second kappa shape index (κ2) is 7.33. The zero-order valence-electron chi connectivity index (χ0n) is 13.8. The van der Waals surface area contributed by atoms with Gasteiger partial charge in [0.15, 0.2) is 0 Å². The van der Waals surface area contributed by atoms with Crippen LogP contribution in [0.3, 0.4) is 0 Å². The van der Waals surface area contributed by atoms with Gasteiger partial charge in [-0.25, -0.2) is 0 Å². The molecule has 0 aliphatic heterocycles. The highest BCUT2D eigenvalue weighted by Crippen LogP contribution is 2.37. The van der Waals surface area contributed by atoms with Gasteiger partial charge < -0.3 is 20.4 Å². The van der Waals surface area contributed by atoms with E-state index in [2.05, 4.69) is 0 Å². The Kier molecular flexibility index (Phi) is 5.91. The molecule has 0 saturated heterocycles. The van der Waals surface area contributed by atoms with Crippen molar-refractivity contribution in [3.63, 3.8) is 0 Å². The predicted octanol–water partition coefficient (Wildman–Crippen LogP) is 1.69. The van der Waals surface area contributed by atoms with Crippen LogP contribution in [-0.4, -0.2) is 44.3 Å². The van der Waals surface area contributed by atoms with Crippen LogP contribution in [0.15, 0.2) is 30.3 Å². The smallest absolute Gasteiger partial charge is 0.333 e. The summed E-state index contributed by atoms with van der Waals surface area (Å²) in [6.45, 7) is 3.57. The third-order valence-electron chi connectivity index (χ3n) is 4.45. The van der Waals surface area contributed by atoms with Crippen molar-refractivity contribution in [2.75, 3.05) is 0 Å². The van der Waals surface area contributed by atoms with Gasteiger partial charge in [-0.15, -0.1) is 0 Å². The maximum absolute atomic E-state index is 11.5. The Bertz CT molecular complexity index is 641. The molecule has 8 heteroatoms. The molecule has 0 amide bonds. The second-order valence-corrected chi connectivity index (χ2v) is 6.40. The van der Waals surface area contributed by atoms with E-state index in [0.717, 1.165) is 5.56 Å². The number of hydrogen-bond donors (Lipinski definition) is 4. The van der Waals surface area contributed by atoms with Crippen molar-refractivity contribution in [2.24, 2.45) is 11.3 Å². The van der Waals surface area contributed by atoms with Gasteiger partial charge >= 0.3 is 23.9 Å². The van der Waals surface area contributed by atoms with Crippen LogP contribution in [0.5, 0.6) is 0 Å². The topological polar surface area (TPSA) is 149 Å². The highest BCUT2D eigenvalue weighted by Gasteiger charge is 2.63. The zero-order chi connectivity index (χ0) is 19.4. The standard InChI is InChI=1S/C17H20O8/c1-16(2,10-6-4-3-5-7-10)9-8-11(12(18)19)17(13(20)21,14(22)23)15(24)25/h3-7,11H,8-9H2,1-2H3,(H,18,19)(H,20,21)(H,22,23)(H,24,25). The maximum Gasteiger partial charge on any atom is 0.333 e. The highest BCUT2D eigenvalue weighted by molar-refractivity contribution is 6.18. The summed E-state index contributed by atoms with van der Waals surface area (Å²) >= 11 is 0. The molecule has 0 saturated carbocycles. The van der Waals surface area contributed by atoms with E-state index in [1.807, 2.05) is 0 Å². The first kappa shape index (κ1) is 20.1. The number of carbonyl (C=O) groups is 4. The Balaban J connectivity index is 3.24. The van der Waals surface area contributed by atoms with E-state index < -0.39 is 47.0 Å². The first-order chi connectivity index (χ1) is 11.5. The van der Waals surface area contributed by atoms with Gasteiger partial charge in [-0.3, -0.25) is 19.2 Å². The summed E-state index contributed by atoms with van der Waals surface area (Å²) in [5.74, 6) is -10.5. The number of aliphatic carboxylic acids is 4. The van der Waals surface area contributed by atoms with Gasteiger partial charge in [0, 0.05) is 0 Å². The molecule has 0 heterocycles. The fourth-order valence-electron chi connectivity index (χ4n) is 2.79. The van der Waals surface area contributed by atoms with Gasteiger partial charge in [-0.1, -0.05) is 44.2 Å².